The molecule has 0 unspecified atom stereocenters. The molecular weight excluding hydrogens is 404 g/mol. The summed E-state index contributed by atoms with van der Waals surface area (Å²) in [6.45, 7) is 0.360. The van der Waals surface area contributed by atoms with Crippen LogP contribution in [0.3, 0.4) is 0 Å². The molecule has 1 heterocycles. The zero-order valence-electron chi connectivity index (χ0n) is 14.4. The molecule has 2 N–H and O–H groups in total. The Morgan fingerprint density at radius 2 is 1.75 bits per heavy atom. The van der Waals surface area contributed by atoms with Crippen LogP contribution in [-0.4, -0.2) is 24.5 Å². The lowest BCUT2D eigenvalue weighted by molar-refractivity contribution is 0.0696. The van der Waals surface area contributed by atoms with E-state index in [1.165, 1.54) is 6.07 Å². The number of halogens is 1. The summed E-state index contributed by atoms with van der Waals surface area (Å²) in [6.07, 6.45) is 3.34. The van der Waals surface area contributed by atoms with Crippen LogP contribution >= 0.6 is 11.6 Å². The number of nitrogens with one attached hydrogen (secondary N) is 1. The van der Waals surface area contributed by atoms with Gasteiger partial charge in [0.25, 0.3) is 10.0 Å². The number of benzene rings is 2. The molecule has 0 aliphatic heterocycles. The van der Waals surface area contributed by atoms with Crippen molar-refractivity contribution in [3.05, 3.63) is 83.1 Å². The first-order valence-electron chi connectivity index (χ1n) is 8.02. The van der Waals surface area contributed by atoms with Gasteiger partial charge < -0.3 is 9.84 Å². The fourth-order valence-corrected chi connectivity index (χ4v) is 3.93. The Labute approximate surface area is 166 Å². The second-order valence-electron chi connectivity index (χ2n) is 5.72. The van der Waals surface area contributed by atoms with Gasteiger partial charge in [0, 0.05) is 18.1 Å². The van der Waals surface area contributed by atoms with Crippen molar-refractivity contribution < 1.29 is 23.1 Å². The predicted molar refractivity (Wildman–Crippen MR) is 104 cm³/mol. The molecule has 1 aromatic heterocycles. The molecule has 0 bridgehead atoms. The van der Waals surface area contributed by atoms with Gasteiger partial charge in [-0.1, -0.05) is 11.6 Å². The number of pyridine rings is 1. The smallest absolute Gasteiger partial charge is 0.335 e. The van der Waals surface area contributed by atoms with Crippen molar-refractivity contribution in [2.45, 2.75) is 11.5 Å². The molecule has 9 heteroatoms. The standard InChI is InChI=1S/C19H15ClN2O5S/c20-17-11-14(19(23)24)1-6-18(17)28(25,26)22-15-2-4-16(5-3-15)27-12-13-7-9-21-10-8-13/h1-11,22H,12H2,(H,23,24). The number of anilines is 1. The van der Waals surface area contributed by atoms with Crippen LogP contribution in [0, 0.1) is 0 Å². The lowest BCUT2D eigenvalue weighted by atomic mass is 10.2. The SMILES string of the molecule is O=C(O)c1ccc(S(=O)(=O)Nc2ccc(OCc3ccncc3)cc2)c(Cl)c1. The number of carboxylic acids is 1. The number of hydrogen-bond acceptors (Lipinski definition) is 5. The van der Waals surface area contributed by atoms with E-state index < -0.39 is 16.0 Å². The molecular formula is C19H15ClN2O5S. The van der Waals surface area contributed by atoms with E-state index in [4.69, 9.17) is 21.4 Å². The number of rotatable bonds is 7. The Kier molecular flexibility index (Phi) is 5.81. The number of aromatic nitrogens is 1. The predicted octanol–water partition coefficient (Wildman–Crippen LogP) is 3.81. The molecule has 0 aliphatic carbocycles. The minimum atomic E-state index is -3.98. The zero-order chi connectivity index (χ0) is 20.1. The molecule has 0 radical (unpaired) electrons. The van der Waals surface area contributed by atoms with Gasteiger partial charge in [-0.3, -0.25) is 9.71 Å². The highest BCUT2D eigenvalue weighted by molar-refractivity contribution is 7.92. The monoisotopic (exact) mass is 418 g/mol. The van der Waals surface area contributed by atoms with Gasteiger partial charge in [-0.05, 0) is 60.2 Å². The van der Waals surface area contributed by atoms with E-state index in [-0.39, 0.29) is 15.5 Å². The van der Waals surface area contributed by atoms with Crippen molar-refractivity contribution >= 4 is 33.3 Å². The summed E-state index contributed by atoms with van der Waals surface area (Å²) in [5.74, 6) is -0.621. The van der Waals surface area contributed by atoms with Crippen molar-refractivity contribution in [1.29, 1.82) is 0 Å². The fourth-order valence-electron chi connectivity index (χ4n) is 2.33. The second kappa shape index (κ2) is 8.28. The maximum absolute atomic E-state index is 12.5. The number of carboxylic acid groups (broad SMARTS) is 1. The van der Waals surface area contributed by atoms with Crippen LogP contribution in [0.2, 0.25) is 5.02 Å². The Morgan fingerprint density at radius 1 is 1.07 bits per heavy atom. The number of ether oxygens (including phenoxy) is 1. The summed E-state index contributed by atoms with van der Waals surface area (Å²) in [4.78, 5) is 14.7. The van der Waals surface area contributed by atoms with Gasteiger partial charge in [0.1, 0.15) is 17.3 Å². The number of sulfonamides is 1. The Bertz CT molecular complexity index is 1090. The van der Waals surface area contributed by atoms with Crippen LogP contribution in [-0.2, 0) is 16.6 Å². The van der Waals surface area contributed by atoms with E-state index in [9.17, 15) is 13.2 Å². The number of hydrogen-bond donors (Lipinski definition) is 2. The molecule has 144 valence electrons. The van der Waals surface area contributed by atoms with Crippen molar-refractivity contribution in [2.24, 2.45) is 0 Å². The molecule has 0 spiro atoms. The first kappa shape index (κ1) is 19.7. The van der Waals surface area contributed by atoms with Crippen LogP contribution in [0.15, 0.2) is 71.9 Å². The second-order valence-corrected chi connectivity index (χ2v) is 7.78. The van der Waals surface area contributed by atoms with Crippen LogP contribution < -0.4 is 9.46 Å². The Hall–Kier alpha value is -3.10. The quantitative estimate of drug-likeness (QED) is 0.604. The van der Waals surface area contributed by atoms with Crippen LogP contribution in [0.5, 0.6) is 5.75 Å². The summed E-state index contributed by atoms with van der Waals surface area (Å²) < 4.78 is 33.1. The number of nitrogens with zero attached hydrogens (tertiary/aromatic N) is 1. The summed E-state index contributed by atoms with van der Waals surface area (Å²) in [7, 11) is -3.98. The number of carbonyl (C=O) groups is 1. The summed E-state index contributed by atoms with van der Waals surface area (Å²) in [5.41, 5.74) is 1.17. The maximum atomic E-state index is 12.5. The number of aromatic carboxylic acids is 1. The third-order valence-corrected chi connectivity index (χ3v) is 5.59. The molecule has 3 aromatic rings. The molecule has 0 amide bonds. The lowest BCUT2D eigenvalue weighted by Crippen LogP contribution is -2.14. The van der Waals surface area contributed by atoms with Crippen LogP contribution in [0.25, 0.3) is 0 Å². The third kappa shape index (κ3) is 4.79. The molecule has 28 heavy (non-hydrogen) atoms. The zero-order valence-corrected chi connectivity index (χ0v) is 15.9. The van der Waals surface area contributed by atoms with E-state index in [1.54, 1.807) is 36.7 Å². The first-order chi connectivity index (χ1) is 13.3. The van der Waals surface area contributed by atoms with Gasteiger partial charge in [-0.2, -0.15) is 0 Å². The first-order valence-corrected chi connectivity index (χ1v) is 9.89. The average molecular weight is 419 g/mol. The lowest BCUT2D eigenvalue weighted by Gasteiger charge is -2.11. The van der Waals surface area contributed by atoms with Crippen molar-refractivity contribution in [3.63, 3.8) is 0 Å². The van der Waals surface area contributed by atoms with E-state index >= 15 is 0 Å². The molecule has 0 saturated carbocycles. The minimum Gasteiger partial charge on any atom is -0.489 e. The van der Waals surface area contributed by atoms with Gasteiger partial charge in [-0.15, -0.1) is 0 Å². The van der Waals surface area contributed by atoms with Crippen molar-refractivity contribution in [3.8, 4) is 5.75 Å². The highest BCUT2D eigenvalue weighted by Crippen LogP contribution is 2.26. The van der Waals surface area contributed by atoms with Gasteiger partial charge >= 0.3 is 5.97 Å². The normalized spacial score (nSPS) is 11.0. The van der Waals surface area contributed by atoms with Gasteiger partial charge in [0.2, 0.25) is 0 Å². The summed E-state index contributed by atoms with van der Waals surface area (Å²) >= 11 is 5.94. The Morgan fingerprint density at radius 3 is 2.36 bits per heavy atom. The maximum Gasteiger partial charge on any atom is 0.335 e. The molecule has 0 atom stereocenters. The highest BCUT2D eigenvalue weighted by atomic mass is 35.5. The molecule has 0 saturated heterocycles. The van der Waals surface area contributed by atoms with E-state index in [0.29, 0.717) is 18.0 Å². The van der Waals surface area contributed by atoms with Crippen molar-refractivity contribution in [1.82, 2.24) is 4.98 Å². The molecule has 0 fully saturated rings. The molecule has 3 rings (SSSR count). The largest absolute Gasteiger partial charge is 0.489 e. The average Bonchev–Trinajstić information content (AvgIpc) is 2.67. The van der Waals surface area contributed by atoms with E-state index in [1.807, 2.05) is 12.1 Å². The van der Waals surface area contributed by atoms with E-state index in [2.05, 4.69) is 9.71 Å². The van der Waals surface area contributed by atoms with Crippen LogP contribution in [0.1, 0.15) is 15.9 Å². The molecule has 0 aliphatic rings. The third-order valence-electron chi connectivity index (χ3n) is 3.73. The van der Waals surface area contributed by atoms with E-state index in [0.717, 1.165) is 17.7 Å². The summed E-state index contributed by atoms with van der Waals surface area (Å²) in [5, 5.41) is 8.77. The molecule has 2 aromatic carbocycles. The molecule has 7 nitrogen and oxygen atoms in total. The minimum absolute atomic E-state index is 0.0975. The van der Waals surface area contributed by atoms with Crippen molar-refractivity contribution in [2.75, 3.05) is 4.72 Å². The fraction of sp³-hybridized carbons (Fsp3) is 0.0526. The topological polar surface area (TPSA) is 106 Å². The van der Waals surface area contributed by atoms with Gasteiger partial charge in [-0.25, -0.2) is 13.2 Å². The summed E-state index contributed by atoms with van der Waals surface area (Å²) in [6, 6.07) is 13.5. The van der Waals surface area contributed by atoms with Crippen LogP contribution in [0.4, 0.5) is 5.69 Å². The van der Waals surface area contributed by atoms with Gasteiger partial charge in [0.15, 0.2) is 0 Å². The highest BCUT2D eigenvalue weighted by Gasteiger charge is 2.19. The Balaban J connectivity index is 1.70. The van der Waals surface area contributed by atoms with Gasteiger partial charge in [0.05, 0.1) is 10.6 Å².